The fourth-order valence-electron chi connectivity index (χ4n) is 2.44. The van der Waals surface area contributed by atoms with E-state index in [1.54, 1.807) is 0 Å². The lowest BCUT2D eigenvalue weighted by Crippen LogP contribution is -2.52. The summed E-state index contributed by atoms with van der Waals surface area (Å²) < 4.78 is 20.1. The molecule has 0 spiro atoms. The first-order chi connectivity index (χ1) is 14.8. The quantitative estimate of drug-likeness (QED) is 0.391. The van der Waals surface area contributed by atoms with Crippen LogP contribution >= 0.6 is 34.8 Å². The third kappa shape index (κ3) is 8.89. The van der Waals surface area contributed by atoms with Gasteiger partial charge in [-0.25, -0.2) is 0 Å². The van der Waals surface area contributed by atoms with Gasteiger partial charge in [0, 0.05) is 32.7 Å². The molecule has 1 aromatic carbocycles. The van der Waals surface area contributed by atoms with Crippen molar-refractivity contribution >= 4 is 70.3 Å². The molecule has 0 aromatic heterocycles. The van der Waals surface area contributed by atoms with Gasteiger partial charge in [0.25, 0.3) is 5.91 Å². The molecule has 13 heteroatoms. The molecule has 0 radical (unpaired) electrons. The van der Waals surface area contributed by atoms with Gasteiger partial charge in [-0.2, -0.15) is 0 Å². The van der Waals surface area contributed by atoms with E-state index in [1.165, 1.54) is 12.1 Å². The van der Waals surface area contributed by atoms with Crippen LogP contribution in [-0.4, -0.2) is 54.7 Å². The Morgan fingerprint density at radius 2 is 1.31 bits per heavy atom. The van der Waals surface area contributed by atoms with E-state index >= 15 is 0 Å². The van der Waals surface area contributed by atoms with Gasteiger partial charge in [0.05, 0.1) is 15.7 Å². The van der Waals surface area contributed by atoms with Crippen LogP contribution in [-0.2, 0) is 42.9 Å². The number of hydrogen-bond acceptors (Lipinski definition) is 9. The molecule has 1 N–H and O–H groups in total. The first kappa shape index (κ1) is 27.5. The number of benzene rings is 1. The van der Waals surface area contributed by atoms with Gasteiger partial charge in [0.1, 0.15) is 6.61 Å². The zero-order chi connectivity index (χ0) is 24.6. The molecule has 0 unspecified atom stereocenters. The minimum atomic E-state index is -1.85. The predicted octanol–water partition coefficient (Wildman–Crippen LogP) is 2.94. The lowest BCUT2D eigenvalue weighted by molar-refractivity contribution is -0.190. The number of halogens is 3. The van der Waals surface area contributed by atoms with E-state index in [0.717, 1.165) is 27.7 Å². The van der Waals surface area contributed by atoms with Crippen LogP contribution in [0.3, 0.4) is 0 Å². The first-order valence-corrected chi connectivity index (χ1v) is 10.1. The van der Waals surface area contributed by atoms with E-state index in [1.807, 2.05) is 0 Å². The molecule has 176 valence electrons. The Hall–Kier alpha value is -2.56. The fraction of sp³-hybridized carbons (Fsp3) is 0.421. The number of anilines is 1. The van der Waals surface area contributed by atoms with Gasteiger partial charge in [-0.15, -0.1) is 0 Å². The Labute approximate surface area is 198 Å². The number of amides is 1. The molecule has 0 saturated heterocycles. The summed E-state index contributed by atoms with van der Waals surface area (Å²) in [6.45, 7) is 3.55. The highest BCUT2D eigenvalue weighted by atomic mass is 35.5. The Kier molecular flexibility index (Phi) is 10.7. The van der Waals surface area contributed by atoms with Crippen molar-refractivity contribution in [3.8, 4) is 0 Å². The summed E-state index contributed by atoms with van der Waals surface area (Å²) in [5, 5.41) is 2.50. The van der Waals surface area contributed by atoms with E-state index < -0.39 is 54.7 Å². The zero-order valence-electron chi connectivity index (χ0n) is 17.4. The summed E-state index contributed by atoms with van der Waals surface area (Å²) in [5.41, 5.74) is -0.0644. The average molecular weight is 513 g/mol. The van der Waals surface area contributed by atoms with Gasteiger partial charge in [-0.1, -0.05) is 34.8 Å². The topological polar surface area (TPSA) is 134 Å². The number of carbonyl (C=O) groups excluding carboxylic acids is 5. The molecular weight excluding hydrogens is 493 g/mol. The molecule has 0 aliphatic carbocycles. The largest absolute Gasteiger partial charge is 0.462 e. The third-order valence-electron chi connectivity index (χ3n) is 3.54. The van der Waals surface area contributed by atoms with Gasteiger partial charge < -0.3 is 24.3 Å². The minimum absolute atomic E-state index is 0.0297. The molecule has 0 fully saturated rings. The fourth-order valence-corrected chi connectivity index (χ4v) is 3.35. The van der Waals surface area contributed by atoms with Crippen molar-refractivity contribution in [1.29, 1.82) is 0 Å². The molecule has 0 heterocycles. The average Bonchev–Trinajstić information content (AvgIpc) is 2.63. The number of nitrogens with one attached hydrogen (secondary N) is 1. The summed E-state index contributed by atoms with van der Waals surface area (Å²) in [6, 6.07) is 2.61. The van der Waals surface area contributed by atoms with Crippen LogP contribution in [0.1, 0.15) is 27.7 Å². The van der Waals surface area contributed by atoms with E-state index in [9.17, 15) is 24.0 Å². The minimum Gasteiger partial charge on any atom is -0.462 e. The normalized spacial score (nSPS) is 13.2. The number of hydrogen-bond donors (Lipinski definition) is 1. The molecule has 32 heavy (non-hydrogen) atoms. The molecular formula is C19H20Cl3NO9. The lowest BCUT2D eigenvalue weighted by Gasteiger charge is -2.31. The highest BCUT2D eigenvalue weighted by Gasteiger charge is 2.42. The molecule has 0 aliphatic rings. The van der Waals surface area contributed by atoms with Crippen LogP contribution in [0.4, 0.5) is 5.69 Å². The van der Waals surface area contributed by atoms with Crippen molar-refractivity contribution in [2.24, 2.45) is 0 Å². The van der Waals surface area contributed by atoms with E-state index in [4.69, 9.17) is 53.8 Å². The summed E-state index contributed by atoms with van der Waals surface area (Å²) in [5.74, 6) is -4.44. The predicted molar refractivity (Wildman–Crippen MR) is 113 cm³/mol. The Balaban J connectivity index is 3.39. The summed E-state index contributed by atoms with van der Waals surface area (Å²) >= 11 is 18.0. The van der Waals surface area contributed by atoms with Crippen molar-refractivity contribution in [2.45, 2.75) is 46.0 Å². The maximum Gasteiger partial charge on any atom is 0.303 e. The van der Waals surface area contributed by atoms with Gasteiger partial charge in [-0.3, -0.25) is 24.0 Å². The Morgan fingerprint density at radius 1 is 0.812 bits per heavy atom. The van der Waals surface area contributed by atoms with Gasteiger partial charge in [0.2, 0.25) is 6.10 Å². The maximum absolute atomic E-state index is 13.0. The van der Waals surface area contributed by atoms with Gasteiger partial charge in [0.15, 0.2) is 12.2 Å². The molecule has 0 bridgehead atoms. The molecule has 1 rings (SSSR count). The third-order valence-corrected chi connectivity index (χ3v) is 4.36. The summed E-state index contributed by atoms with van der Waals surface area (Å²) in [7, 11) is 0. The van der Waals surface area contributed by atoms with Gasteiger partial charge in [-0.05, 0) is 12.1 Å². The van der Waals surface area contributed by atoms with Crippen molar-refractivity contribution in [3.05, 3.63) is 27.2 Å². The molecule has 10 nitrogen and oxygen atoms in total. The van der Waals surface area contributed by atoms with Crippen molar-refractivity contribution in [3.63, 3.8) is 0 Å². The standard InChI is InChI=1S/C19H20Cl3NO9/c1-8(24)29-7-15(30-9(2)25)17(31-10(3)26)18(32-11(4)27)19(28)23-16-13(21)5-12(20)6-14(16)22/h5-6,15,17-18H,7H2,1-4H3,(H,23,28)/t15-,17-,18-/m0/s1. The second-order valence-electron chi connectivity index (χ2n) is 6.29. The monoisotopic (exact) mass is 511 g/mol. The molecule has 0 saturated carbocycles. The number of ether oxygens (including phenoxy) is 4. The SMILES string of the molecule is CC(=O)OC[C@H](OC(C)=O)[C@H](OC(C)=O)[C@H](OC(C)=O)C(=O)Nc1c(Cl)cc(Cl)cc1Cl. The van der Waals surface area contributed by atoms with Crippen LogP contribution < -0.4 is 5.32 Å². The van der Waals surface area contributed by atoms with Crippen molar-refractivity contribution in [1.82, 2.24) is 0 Å². The van der Waals surface area contributed by atoms with Crippen molar-refractivity contribution < 1.29 is 42.9 Å². The highest BCUT2D eigenvalue weighted by molar-refractivity contribution is 6.42. The Bertz CT molecular complexity index is 883. The lowest BCUT2D eigenvalue weighted by atomic mass is 10.1. The Morgan fingerprint density at radius 3 is 1.75 bits per heavy atom. The first-order valence-electron chi connectivity index (χ1n) is 8.92. The molecule has 3 atom stereocenters. The number of carbonyl (C=O) groups is 5. The zero-order valence-corrected chi connectivity index (χ0v) is 19.7. The van der Waals surface area contributed by atoms with Crippen LogP contribution in [0, 0.1) is 0 Å². The summed E-state index contributed by atoms with van der Waals surface area (Å²) in [4.78, 5) is 59.2. The van der Waals surface area contributed by atoms with E-state index in [0.29, 0.717) is 0 Å². The smallest absolute Gasteiger partial charge is 0.303 e. The number of esters is 4. The second kappa shape index (κ2) is 12.5. The molecule has 1 amide bonds. The van der Waals surface area contributed by atoms with Crippen LogP contribution in [0.25, 0.3) is 0 Å². The molecule has 1 aromatic rings. The highest BCUT2D eigenvalue weighted by Crippen LogP contribution is 2.34. The maximum atomic E-state index is 13.0. The van der Waals surface area contributed by atoms with Crippen molar-refractivity contribution in [2.75, 3.05) is 11.9 Å². The number of rotatable bonds is 9. The van der Waals surface area contributed by atoms with Crippen LogP contribution in [0.15, 0.2) is 12.1 Å². The van der Waals surface area contributed by atoms with E-state index in [2.05, 4.69) is 5.32 Å². The van der Waals surface area contributed by atoms with E-state index in [-0.39, 0.29) is 20.8 Å². The second-order valence-corrected chi connectivity index (χ2v) is 7.54. The van der Waals surface area contributed by atoms with Crippen LogP contribution in [0.2, 0.25) is 15.1 Å². The van der Waals surface area contributed by atoms with Crippen LogP contribution in [0.5, 0.6) is 0 Å². The molecule has 0 aliphatic heterocycles. The summed E-state index contributed by atoms with van der Waals surface area (Å²) in [6.07, 6.45) is -5.03. The van der Waals surface area contributed by atoms with Gasteiger partial charge >= 0.3 is 23.9 Å².